The Balaban J connectivity index is 1.44. The summed E-state index contributed by atoms with van der Waals surface area (Å²) in [6, 6.07) is 19.8. The van der Waals surface area contributed by atoms with E-state index in [1.807, 2.05) is 12.1 Å². The molecule has 0 radical (unpaired) electrons. The molecule has 0 saturated carbocycles. The molecule has 2 amide bonds. The Hall–Kier alpha value is -3.01. The van der Waals surface area contributed by atoms with E-state index in [-0.39, 0.29) is 17.9 Å². The minimum Gasteiger partial charge on any atom is -0.274 e. The number of fused-ring (bicyclic) bond motifs is 2. The average molecular weight is 345 g/mol. The molecule has 4 nitrogen and oxygen atoms in total. The largest absolute Gasteiger partial charge is 0.274 e. The van der Waals surface area contributed by atoms with Gasteiger partial charge in [-0.1, -0.05) is 24.3 Å². The maximum atomic E-state index is 12.4. The second-order valence-electron chi connectivity index (χ2n) is 6.77. The van der Waals surface area contributed by atoms with Crippen molar-refractivity contribution < 1.29 is 14.2 Å². The number of amides is 2. The molecule has 4 rings (SSSR count). The first kappa shape index (κ1) is 16.5. The minimum atomic E-state index is -0.170. The molecule has 0 fully saturated rings. The molecule has 2 heterocycles. The van der Waals surface area contributed by atoms with Crippen LogP contribution in [0.2, 0.25) is 0 Å². The first-order valence-corrected chi connectivity index (χ1v) is 9.01. The van der Waals surface area contributed by atoms with Gasteiger partial charge in [-0.3, -0.25) is 14.5 Å². The monoisotopic (exact) mass is 345 g/mol. The van der Waals surface area contributed by atoms with Crippen LogP contribution in [-0.2, 0) is 0 Å². The molecule has 0 bridgehead atoms. The van der Waals surface area contributed by atoms with Gasteiger partial charge in [-0.25, -0.2) is 0 Å². The van der Waals surface area contributed by atoms with E-state index >= 15 is 0 Å². The van der Waals surface area contributed by atoms with Crippen molar-refractivity contribution in [3.05, 3.63) is 78.0 Å². The molecule has 1 atom stereocenters. The average Bonchev–Trinajstić information content (AvgIpc) is 2.92. The summed E-state index contributed by atoms with van der Waals surface area (Å²) in [6.07, 6.45) is 3.77. The topological polar surface area (TPSA) is 41.3 Å². The fraction of sp³-hybridized carbons (Fsp3) is 0.227. The molecule has 130 valence electrons. The summed E-state index contributed by atoms with van der Waals surface area (Å²) in [7, 11) is 0. The van der Waals surface area contributed by atoms with Gasteiger partial charge in [0.05, 0.1) is 11.1 Å². The molecule has 0 N–H and O–H groups in total. The Bertz CT molecular complexity index is 956. The highest BCUT2D eigenvalue weighted by Crippen LogP contribution is 2.23. The smallest absolute Gasteiger partial charge is 0.261 e. The zero-order chi connectivity index (χ0) is 18.1. The van der Waals surface area contributed by atoms with E-state index in [1.54, 1.807) is 24.3 Å². The van der Waals surface area contributed by atoms with E-state index in [4.69, 9.17) is 0 Å². The van der Waals surface area contributed by atoms with Gasteiger partial charge in [-0.2, -0.15) is 4.57 Å². The third kappa shape index (κ3) is 2.77. The number of carbonyl (C=O) groups excluding carboxylic acids is 2. The van der Waals surface area contributed by atoms with Crippen LogP contribution in [-0.4, -0.2) is 23.3 Å². The molecule has 1 aliphatic rings. The molecule has 1 aliphatic heterocycles. The first-order chi connectivity index (χ1) is 12.7. The van der Waals surface area contributed by atoms with Crippen LogP contribution in [0, 0.1) is 0 Å². The van der Waals surface area contributed by atoms with Gasteiger partial charge < -0.3 is 0 Å². The maximum absolute atomic E-state index is 12.4. The Morgan fingerprint density at radius 3 is 2.23 bits per heavy atom. The number of para-hydroxylation sites is 1. The summed E-state index contributed by atoms with van der Waals surface area (Å²) < 4.78 is 2.26. The number of rotatable bonds is 5. The molecule has 1 unspecified atom stereocenters. The highest BCUT2D eigenvalue weighted by molar-refractivity contribution is 6.21. The predicted octanol–water partition coefficient (Wildman–Crippen LogP) is 3.76. The van der Waals surface area contributed by atoms with Gasteiger partial charge in [0.25, 0.3) is 11.8 Å². The van der Waals surface area contributed by atoms with Crippen molar-refractivity contribution in [1.29, 1.82) is 0 Å². The Morgan fingerprint density at radius 1 is 0.885 bits per heavy atom. The maximum Gasteiger partial charge on any atom is 0.261 e. The summed E-state index contributed by atoms with van der Waals surface area (Å²) in [5, 5.41) is 1.21. The molecule has 0 saturated heterocycles. The zero-order valence-corrected chi connectivity index (χ0v) is 14.8. The predicted molar refractivity (Wildman–Crippen MR) is 99.9 cm³/mol. The Labute approximate surface area is 152 Å². The molecule has 1 aromatic heterocycles. The van der Waals surface area contributed by atoms with Gasteiger partial charge in [0.15, 0.2) is 12.2 Å². The second-order valence-corrected chi connectivity index (χ2v) is 6.77. The molecule has 3 aromatic rings. The number of aromatic nitrogens is 1. The lowest BCUT2D eigenvalue weighted by atomic mass is 10.1. The normalized spacial score (nSPS) is 14.7. The summed E-state index contributed by atoms with van der Waals surface area (Å²) in [5.74, 6) is -0.341. The number of nitrogens with zero attached hydrogens (tertiary/aromatic N) is 2. The highest BCUT2D eigenvalue weighted by atomic mass is 16.2. The van der Waals surface area contributed by atoms with E-state index in [0.717, 1.165) is 12.8 Å². The van der Waals surface area contributed by atoms with Gasteiger partial charge in [-0.05, 0) is 37.6 Å². The Morgan fingerprint density at radius 2 is 1.50 bits per heavy atom. The van der Waals surface area contributed by atoms with Crippen LogP contribution >= 0.6 is 0 Å². The molecule has 26 heavy (non-hydrogen) atoms. The van der Waals surface area contributed by atoms with Crippen LogP contribution in [0.5, 0.6) is 0 Å². The van der Waals surface area contributed by atoms with Crippen molar-refractivity contribution in [3.63, 3.8) is 0 Å². The number of hydrogen-bond acceptors (Lipinski definition) is 2. The lowest BCUT2D eigenvalue weighted by molar-refractivity contribution is -0.695. The van der Waals surface area contributed by atoms with E-state index in [0.29, 0.717) is 17.7 Å². The zero-order valence-electron chi connectivity index (χ0n) is 14.8. The number of pyridine rings is 1. The van der Waals surface area contributed by atoms with Gasteiger partial charge in [-0.15, -0.1) is 0 Å². The number of imide groups is 1. The molecular formula is C22H21N2O2+. The van der Waals surface area contributed by atoms with Gasteiger partial charge in [0, 0.05) is 30.5 Å². The van der Waals surface area contributed by atoms with Crippen molar-refractivity contribution in [2.75, 3.05) is 6.54 Å². The van der Waals surface area contributed by atoms with E-state index in [1.165, 1.54) is 15.8 Å². The van der Waals surface area contributed by atoms with Crippen molar-refractivity contribution in [2.45, 2.75) is 25.8 Å². The summed E-state index contributed by atoms with van der Waals surface area (Å²) in [4.78, 5) is 26.2. The number of benzene rings is 2. The highest BCUT2D eigenvalue weighted by Gasteiger charge is 2.34. The second kappa shape index (κ2) is 6.71. The van der Waals surface area contributed by atoms with Crippen LogP contribution in [0.4, 0.5) is 0 Å². The third-order valence-electron chi connectivity index (χ3n) is 5.09. The molecular weight excluding hydrogens is 324 g/mol. The fourth-order valence-corrected chi connectivity index (χ4v) is 3.69. The van der Waals surface area contributed by atoms with E-state index < -0.39 is 0 Å². The van der Waals surface area contributed by atoms with E-state index in [9.17, 15) is 9.59 Å². The lowest BCUT2D eigenvalue weighted by Gasteiger charge is -2.15. The van der Waals surface area contributed by atoms with E-state index in [2.05, 4.69) is 42.0 Å². The standard InChI is InChI=1S/C22H21N2O2/c1-16(23-14-7-10-17-9-2-5-13-20(17)23)8-6-15-24-21(25)18-11-3-4-12-19(18)22(24)26/h2-5,7,9-14,16H,6,8,15H2,1H3/q+1. The molecule has 0 aliphatic carbocycles. The van der Waals surface area contributed by atoms with Gasteiger partial charge in [0.1, 0.15) is 0 Å². The van der Waals surface area contributed by atoms with Crippen LogP contribution in [0.15, 0.2) is 66.9 Å². The Kier molecular flexibility index (Phi) is 4.25. The van der Waals surface area contributed by atoms with Crippen molar-refractivity contribution >= 4 is 22.7 Å². The van der Waals surface area contributed by atoms with Crippen LogP contribution in [0.25, 0.3) is 10.9 Å². The SMILES string of the molecule is CC(CCCN1C(=O)c2ccccc2C1=O)[n+]1cccc2ccccc21. The van der Waals surface area contributed by atoms with Crippen molar-refractivity contribution in [2.24, 2.45) is 0 Å². The minimum absolute atomic E-state index is 0.170. The molecule has 0 spiro atoms. The molecule has 2 aromatic carbocycles. The van der Waals surface area contributed by atoms with Gasteiger partial charge >= 0.3 is 0 Å². The van der Waals surface area contributed by atoms with Crippen LogP contribution < -0.4 is 4.57 Å². The first-order valence-electron chi connectivity index (χ1n) is 9.01. The van der Waals surface area contributed by atoms with Crippen LogP contribution in [0.1, 0.15) is 46.5 Å². The summed E-state index contributed by atoms with van der Waals surface area (Å²) >= 11 is 0. The third-order valence-corrected chi connectivity index (χ3v) is 5.09. The van der Waals surface area contributed by atoms with Crippen molar-refractivity contribution in [1.82, 2.24) is 4.90 Å². The number of carbonyl (C=O) groups is 2. The molecule has 4 heteroatoms. The van der Waals surface area contributed by atoms with Crippen LogP contribution in [0.3, 0.4) is 0 Å². The van der Waals surface area contributed by atoms with Crippen molar-refractivity contribution in [3.8, 4) is 0 Å². The number of hydrogen-bond donors (Lipinski definition) is 0. The lowest BCUT2D eigenvalue weighted by Crippen LogP contribution is -2.39. The summed E-state index contributed by atoms with van der Waals surface area (Å²) in [5.41, 5.74) is 2.24. The quantitative estimate of drug-likeness (QED) is 0.522. The fourth-order valence-electron chi connectivity index (χ4n) is 3.69. The summed E-state index contributed by atoms with van der Waals surface area (Å²) in [6.45, 7) is 2.64. The van der Waals surface area contributed by atoms with Gasteiger partial charge in [0.2, 0.25) is 5.52 Å².